The van der Waals surface area contributed by atoms with Crippen LogP contribution in [0.25, 0.3) is 0 Å². The number of rotatable bonds is 2. The molecule has 1 aromatic carbocycles. The van der Waals surface area contributed by atoms with Gasteiger partial charge in [0.1, 0.15) is 6.61 Å². The molecule has 2 atom stereocenters. The van der Waals surface area contributed by atoms with E-state index >= 15 is 0 Å². The molecule has 1 aliphatic rings. The summed E-state index contributed by atoms with van der Waals surface area (Å²) >= 11 is 0. The Balaban J connectivity index is 1.84. The number of nitrogens with zero attached hydrogens (tertiary/aromatic N) is 1. The molecule has 2 rings (SSSR count). The van der Waals surface area contributed by atoms with Crippen LogP contribution in [0.3, 0.4) is 0 Å². The van der Waals surface area contributed by atoms with Gasteiger partial charge in [-0.15, -0.1) is 0 Å². The molecule has 4 heteroatoms. The van der Waals surface area contributed by atoms with E-state index in [0.717, 1.165) is 5.56 Å². The van der Waals surface area contributed by atoms with Gasteiger partial charge in [-0.2, -0.15) is 0 Å². The summed E-state index contributed by atoms with van der Waals surface area (Å²) in [5.41, 5.74) is 0.173. The first kappa shape index (κ1) is 11.9. The fourth-order valence-electron chi connectivity index (χ4n) is 1.86. The highest BCUT2D eigenvalue weighted by Crippen LogP contribution is 2.29. The minimum absolute atomic E-state index is 0.189. The van der Waals surface area contributed by atoms with Gasteiger partial charge in [-0.3, -0.25) is 4.90 Å². The van der Waals surface area contributed by atoms with E-state index in [0.29, 0.717) is 6.54 Å². The van der Waals surface area contributed by atoms with Crippen LogP contribution in [0.4, 0.5) is 4.79 Å². The largest absolute Gasteiger partial charge is 0.445 e. The molecule has 0 aliphatic carbocycles. The average molecular weight is 235 g/mol. The minimum atomic E-state index is -0.786. The molecule has 1 aliphatic heterocycles. The molecular weight excluding hydrogens is 218 g/mol. The van der Waals surface area contributed by atoms with Crippen LogP contribution >= 0.6 is 0 Å². The third kappa shape index (κ3) is 2.42. The van der Waals surface area contributed by atoms with Crippen LogP contribution in [-0.2, 0) is 11.3 Å². The highest BCUT2D eigenvalue weighted by molar-refractivity contribution is 5.69. The number of β-amino-alcohol motifs (C(OH)–C–C–N with tert-alkyl or cyclic N) is 1. The number of ether oxygens (including phenoxy) is 1. The van der Waals surface area contributed by atoms with E-state index in [9.17, 15) is 9.90 Å². The Morgan fingerprint density at radius 1 is 1.53 bits per heavy atom. The smallest absolute Gasteiger partial charge is 0.410 e. The van der Waals surface area contributed by atoms with Crippen molar-refractivity contribution < 1.29 is 14.6 Å². The molecular formula is C13H17NO3. The van der Waals surface area contributed by atoms with Crippen molar-refractivity contribution in [1.29, 1.82) is 0 Å². The number of aliphatic hydroxyl groups is 1. The number of carbonyl (C=O) groups is 1. The molecule has 0 spiro atoms. The molecule has 4 nitrogen and oxygen atoms in total. The van der Waals surface area contributed by atoms with Gasteiger partial charge >= 0.3 is 6.09 Å². The summed E-state index contributed by atoms with van der Waals surface area (Å²) < 4.78 is 5.17. The number of likely N-dealkylation sites (tertiary alicyclic amines) is 1. The molecule has 92 valence electrons. The lowest BCUT2D eigenvalue weighted by Crippen LogP contribution is -2.68. The Hall–Kier alpha value is -1.55. The summed E-state index contributed by atoms with van der Waals surface area (Å²) in [6, 6.07) is 9.35. The van der Waals surface area contributed by atoms with Gasteiger partial charge < -0.3 is 9.84 Å². The number of benzene rings is 1. The van der Waals surface area contributed by atoms with Crippen LogP contribution in [0.1, 0.15) is 19.4 Å². The van der Waals surface area contributed by atoms with Crippen LogP contribution in [0.2, 0.25) is 0 Å². The van der Waals surface area contributed by atoms with Gasteiger partial charge in [-0.1, -0.05) is 30.3 Å². The highest BCUT2D eigenvalue weighted by Gasteiger charge is 2.48. The molecule has 1 fully saturated rings. The van der Waals surface area contributed by atoms with Crippen molar-refractivity contribution in [2.75, 3.05) is 6.54 Å². The molecule has 1 N–H and O–H groups in total. The standard InChI is InChI=1S/C13H17NO3/c1-10-13(2,16)9-14(10)12(15)17-8-11-6-4-3-5-7-11/h3-7,10,16H,8-9H2,1-2H3/t10-,13-/m1/s1. The zero-order valence-electron chi connectivity index (χ0n) is 10.1. The molecule has 0 saturated carbocycles. The first-order valence-electron chi connectivity index (χ1n) is 5.70. The van der Waals surface area contributed by atoms with Gasteiger partial charge in [-0.25, -0.2) is 4.79 Å². The van der Waals surface area contributed by atoms with E-state index < -0.39 is 5.60 Å². The van der Waals surface area contributed by atoms with Gasteiger partial charge in [0.05, 0.1) is 18.2 Å². The van der Waals surface area contributed by atoms with Crippen LogP contribution in [0.5, 0.6) is 0 Å². The van der Waals surface area contributed by atoms with Gasteiger partial charge in [0.2, 0.25) is 0 Å². The van der Waals surface area contributed by atoms with Gasteiger partial charge in [0.15, 0.2) is 0 Å². The molecule has 0 radical (unpaired) electrons. The molecule has 1 heterocycles. The zero-order valence-corrected chi connectivity index (χ0v) is 10.1. The predicted molar refractivity (Wildman–Crippen MR) is 63.4 cm³/mol. The van der Waals surface area contributed by atoms with Crippen molar-refractivity contribution in [3.63, 3.8) is 0 Å². The first-order chi connectivity index (χ1) is 8.00. The predicted octanol–water partition coefficient (Wildman–Crippen LogP) is 1.78. The quantitative estimate of drug-likeness (QED) is 0.850. The Morgan fingerprint density at radius 2 is 2.18 bits per heavy atom. The van der Waals surface area contributed by atoms with Gasteiger partial charge in [0, 0.05) is 0 Å². The molecule has 0 unspecified atom stereocenters. The second-order valence-corrected chi connectivity index (χ2v) is 4.70. The SMILES string of the molecule is C[C@H]1N(C(=O)OCc2ccccc2)C[C@@]1(C)O. The van der Waals surface area contributed by atoms with Crippen LogP contribution in [0.15, 0.2) is 30.3 Å². The zero-order chi connectivity index (χ0) is 12.5. The second-order valence-electron chi connectivity index (χ2n) is 4.70. The Kier molecular flexibility index (Phi) is 3.07. The number of carbonyl (C=O) groups excluding carboxylic acids is 1. The maximum atomic E-state index is 11.7. The fourth-order valence-corrected chi connectivity index (χ4v) is 1.86. The lowest BCUT2D eigenvalue weighted by atomic mass is 9.87. The van der Waals surface area contributed by atoms with Crippen molar-refractivity contribution in [1.82, 2.24) is 4.90 Å². The fraction of sp³-hybridized carbons (Fsp3) is 0.462. The molecule has 0 bridgehead atoms. The van der Waals surface area contributed by atoms with E-state index in [-0.39, 0.29) is 18.7 Å². The van der Waals surface area contributed by atoms with Crippen LogP contribution in [0, 0.1) is 0 Å². The Bertz CT molecular complexity index is 402. The van der Waals surface area contributed by atoms with E-state index in [1.807, 2.05) is 37.3 Å². The number of hydrogen-bond acceptors (Lipinski definition) is 3. The second kappa shape index (κ2) is 4.37. The van der Waals surface area contributed by atoms with Gasteiger partial charge in [0.25, 0.3) is 0 Å². The monoisotopic (exact) mass is 235 g/mol. The maximum absolute atomic E-state index is 11.7. The van der Waals surface area contributed by atoms with Crippen LogP contribution < -0.4 is 0 Å². The summed E-state index contributed by atoms with van der Waals surface area (Å²) in [7, 11) is 0. The summed E-state index contributed by atoms with van der Waals surface area (Å²) in [6.45, 7) is 4.14. The summed E-state index contributed by atoms with van der Waals surface area (Å²) in [6.07, 6.45) is -0.368. The molecule has 1 saturated heterocycles. The van der Waals surface area contributed by atoms with Crippen molar-refractivity contribution in [3.05, 3.63) is 35.9 Å². The van der Waals surface area contributed by atoms with E-state index in [4.69, 9.17) is 4.74 Å². The third-order valence-corrected chi connectivity index (χ3v) is 3.30. The normalized spacial score (nSPS) is 27.5. The molecule has 1 aromatic rings. The molecule has 1 amide bonds. The van der Waals surface area contributed by atoms with Crippen molar-refractivity contribution in [3.8, 4) is 0 Å². The topological polar surface area (TPSA) is 49.8 Å². The van der Waals surface area contributed by atoms with Crippen molar-refractivity contribution in [2.24, 2.45) is 0 Å². The summed E-state index contributed by atoms with van der Waals surface area (Å²) in [5, 5.41) is 9.74. The third-order valence-electron chi connectivity index (χ3n) is 3.30. The Morgan fingerprint density at radius 3 is 2.71 bits per heavy atom. The summed E-state index contributed by atoms with van der Waals surface area (Å²) in [5.74, 6) is 0. The number of amides is 1. The van der Waals surface area contributed by atoms with Crippen molar-refractivity contribution >= 4 is 6.09 Å². The van der Waals surface area contributed by atoms with E-state index in [1.54, 1.807) is 6.92 Å². The Labute approximate surface area is 101 Å². The molecule has 17 heavy (non-hydrogen) atoms. The summed E-state index contributed by atoms with van der Waals surface area (Å²) in [4.78, 5) is 13.2. The van der Waals surface area contributed by atoms with Gasteiger partial charge in [-0.05, 0) is 19.4 Å². The van der Waals surface area contributed by atoms with E-state index in [2.05, 4.69) is 0 Å². The minimum Gasteiger partial charge on any atom is -0.445 e. The maximum Gasteiger partial charge on any atom is 0.410 e. The average Bonchev–Trinajstić information content (AvgIpc) is 2.34. The highest BCUT2D eigenvalue weighted by atomic mass is 16.6. The van der Waals surface area contributed by atoms with Crippen LogP contribution in [-0.4, -0.2) is 34.3 Å². The first-order valence-corrected chi connectivity index (χ1v) is 5.70. The lowest BCUT2D eigenvalue weighted by molar-refractivity contribution is -0.120. The molecule has 0 aromatic heterocycles. The lowest BCUT2D eigenvalue weighted by Gasteiger charge is -2.50. The van der Waals surface area contributed by atoms with Crippen molar-refractivity contribution in [2.45, 2.75) is 32.1 Å². The number of hydrogen-bond donors (Lipinski definition) is 1. The van der Waals surface area contributed by atoms with E-state index in [1.165, 1.54) is 4.90 Å².